The molecule has 3 heterocycles. The number of ether oxygens (including phenoxy) is 5. The first-order valence-corrected chi connectivity index (χ1v) is 23.1. The Bertz CT molecular complexity index is 2330. The molecule has 1 aliphatic heterocycles. The Morgan fingerprint density at radius 3 is 2.34 bits per heavy atom. The number of carbonyl (C=O) groups is 3. The second kappa shape index (κ2) is 20.6. The zero-order valence-corrected chi connectivity index (χ0v) is 40.6. The normalized spacial score (nSPS) is 20.1. The molecule has 0 radical (unpaired) electrons. The number of amides is 2. The topological polar surface area (TPSA) is 159 Å². The second-order valence-corrected chi connectivity index (χ2v) is 20.0. The molecule has 2 amide bonds. The molecule has 0 spiro atoms. The van der Waals surface area contributed by atoms with Gasteiger partial charge < -0.3 is 43.4 Å². The van der Waals surface area contributed by atoms with Gasteiger partial charge in [0, 0.05) is 45.0 Å². The van der Waals surface area contributed by atoms with E-state index in [0.717, 1.165) is 28.8 Å². The van der Waals surface area contributed by atoms with Crippen molar-refractivity contribution in [1.29, 1.82) is 0 Å². The molecule has 2 aromatic heterocycles. The lowest BCUT2D eigenvalue weighted by Crippen LogP contribution is -2.41. The third-order valence-electron chi connectivity index (χ3n) is 12.0. The molecule has 2 aromatic carbocycles. The molecule has 2 fully saturated rings. The summed E-state index contributed by atoms with van der Waals surface area (Å²) in [6.07, 6.45) is 5.76. The number of benzene rings is 2. The lowest BCUT2D eigenvalue weighted by molar-refractivity contribution is -0.161. The maximum absolute atomic E-state index is 13.8. The zero-order valence-electron chi connectivity index (χ0n) is 40.6. The smallest absolute Gasteiger partial charge is 0.433 e. The van der Waals surface area contributed by atoms with Gasteiger partial charge in [0.05, 0.1) is 30.1 Å². The number of hydrogen-bond donors (Lipinski definition) is 1. The van der Waals surface area contributed by atoms with Crippen LogP contribution in [0.2, 0.25) is 0 Å². The van der Waals surface area contributed by atoms with Gasteiger partial charge in [-0.15, -0.1) is 0 Å². The Hall–Kier alpha value is -5.12. The van der Waals surface area contributed by atoms with Gasteiger partial charge in [0.2, 0.25) is 0 Å². The van der Waals surface area contributed by atoms with Gasteiger partial charge in [-0.1, -0.05) is 30.3 Å². The van der Waals surface area contributed by atoms with Crippen molar-refractivity contribution >= 4 is 52.0 Å². The third kappa shape index (κ3) is 13.0. The number of hydrogen-bond acceptors (Lipinski definition) is 12. The number of aryl methyl sites for hydroxylation is 2. The summed E-state index contributed by atoms with van der Waals surface area (Å²) < 4.78 is 32.3. The van der Waals surface area contributed by atoms with Crippen molar-refractivity contribution in [3.05, 3.63) is 65.6 Å². The van der Waals surface area contributed by atoms with Crippen LogP contribution in [0.4, 0.5) is 15.4 Å². The van der Waals surface area contributed by atoms with E-state index in [1.54, 1.807) is 38.9 Å². The van der Waals surface area contributed by atoms with Crippen LogP contribution >= 0.6 is 0 Å². The number of aromatic nitrogens is 3. The highest BCUT2D eigenvalue weighted by molar-refractivity contribution is 5.93. The number of nitrogens with zero attached hydrogens (tertiary/aromatic N) is 6. The molecule has 2 aliphatic rings. The van der Waals surface area contributed by atoms with Crippen LogP contribution in [0.15, 0.2) is 53.9 Å². The summed E-state index contributed by atoms with van der Waals surface area (Å²) in [5.74, 6) is -1.26. The molecule has 1 N–H and O–H groups in total. The third-order valence-corrected chi connectivity index (χ3v) is 12.0. The molecule has 1 aliphatic carbocycles. The maximum atomic E-state index is 13.8. The van der Waals surface area contributed by atoms with Crippen molar-refractivity contribution in [3.63, 3.8) is 0 Å². The van der Waals surface area contributed by atoms with Crippen molar-refractivity contribution in [3.8, 4) is 0 Å². The summed E-state index contributed by atoms with van der Waals surface area (Å²) in [5, 5.41) is 6.47. The summed E-state index contributed by atoms with van der Waals surface area (Å²) in [6, 6.07) is 12.9. The fourth-order valence-corrected chi connectivity index (χ4v) is 8.94. The maximum Gasteiger partial charge on any atom is 0.433 e. The quantitative estimate of drug-likeness (QED) is 0.0610. The molecule has 6 rings (SSSR count). The van der Waals surface area contributed by atoms with Crippen molar-refractivity contribution < 1.29 is 38.1 Å². The summed E-state index contributed by atoms with van der Waals surface area (Å²) in [6.45, 7) is 23.7. The molecule has 5 atom stereocenters. The second-order valence-electron chi connectivity index (χ2n) is 20.0. The molecular weight excluding hydrogens is 827 g/mol. The van der Waals surface area contributed by atoms with Gasteiger partial charge in [-0.2, -0.15) is 4.99 Å². The highest BCUT2D eigenvalue weighted by Gasteiger charge is 2.55. The van der Waals surface area contributed by atoms with Crippen LogP contribution in [-0.2, 0) is 34.9 Å². The highest BCUT2D eigenvalue weighted by Crippen LogP contribution is 2.48. The van der Waals surface area contributed by atoms with Crippen LogP contribution in [0.5, 0.6) is 0 Å². The van der Waals surface area contributed by atoms with Crippen molar-refractivity contribution in [2.24, 2.45) is 16.8 Å². The Morgan fingerprint density at radius 2 is 1.65 bits per heavy atom. The van der Waals surface area contributed by atoms with Gasteiger partial charge >= 0.3 is 18.2 Å². The largest absolute Gasteiger partial charge is 0.465 e. The molecule has 65 heavy (non-hydrogen) atoms. The molecule has 15 nitrogen and oxygen atoms in total. The Kier molecular flexibility index (Phi) is 15.6. The standard InChI is InChI=1S/C50H71N7O8/c1-13-61-45(58)36(29-52-46(59)64-48(4,5)6)18-22-55(30-38-28-40(42-41(38)62-50(10,11)63-42)57-24-19-39-43(51-12)53-31-54-44(39)57)20-14-21-56(47(60)65-49(7,8)9)23-17-34-15-16-35-25-32(2)33(3)26-37(35)27-34/h15-16,19,24-27,29,31,36,38,40-42H,13-14,17-18,20-23,28,30H2,1-12H3,(H,51,53,54)/b52-29+/t36?,38-,40-,41-,42+/m1/s1. The fourth-order valence-electron chi connectivity index (χ4n) is 8.94. The van der Waals surface area contributed by atoms with E-state index in [4.69, 9.17) is 23.7 Å². The average molecular weight is 898 g/mol. The van der Waals surface area contributed by atoms with E-state index in [-0.39, 0.29) is 36.9 Å². The minimum Gasteiger partial charge on any atom is -0.465 e. The highest BCUT2D eigenvalue weighted by atomic mass is 16.8. The van der Waals surface area contributed by atoms with E-state index in [2.05, 4.69) is 80.1 Å². The SMILES string of the molecule is CCOC(=O)C(/C=N/C(=O)OC(C)(C)C)CCN(CCCN(CCc1ccc2cc(C)c(C)cc2c1)C(=O)OC(C)(C)C)C[C@H]1C[C@@H](n2ccc3c(NC)ncnc32)[C@@H]2OC(C)(C)O[C@H]12. The molecule has 1 unspecified atom stereocenters. The predicted octanol–water partition coefficient (Wildman–Crippen LogP) is 9.07. The molecule has 15 heteroatoms. The first kappa shape index (κ1) is 49.3. The van der Waals surface area contributed by atoms with Gasteiger partial charge in [0.15, 0.2) is 5.79 Å². The lowest BCUT2D eigenvalue weighted by Gasteiger charge is -2.31. The van der Waals surface area contributed by atoms with E-state index >= 15 is 0 Å². The van der Waals surface area contributed by atoms with Gasteiger partial charge in [0.25, 0.3) is 0 Å². The summed E-state index contributed by atoms with van der Waals surface area (Å²) >= 11 is 0. The molecule has 0 bridgehead atoms. The minimum absolute atomic E-state index is 0.0357. The van der Waals surface area contributed by atoms with Gasteiger partial charge in [0.1, 0.15) is 35.1 Å². The summed E-state index contributed by atoms with van der Waals surface area (Å²) in [7, 11) is 1.85. The van der Waals surface area contributed by atoms with Gasteiger partial charge in [-0.25, -0.2) is 19.6 Å². The van der Waals surface area contributed by atoms with Crippen LogP contribution in [0, 0.1) is 25.7 Å². The van der Waals surface area contributed by atoms with E-state index in [9.17, 15) is 14.4 Å². The number of fused-ring (bicyclic) bond motifs is 3. The first-order valence-electron chi connectivity index (χ1n) is 23.1. The Morgan fingerprint density at radius 1 is 0.938 bits per heavy atom. The Balaban J connectivity index is 1.24. The van der Waals surface area contributed by atoms with Crippen LogP contribution in [0.25, 0.3) is 21.8 Å². The fraction of sp³-hybridized carbons (Fsp3) is 0.600. The number of carbonyl (C=O) groups excluding carboxylic acids is 3. The van der Waals surface area contributed by atoms with E-state index in [1.807, 2.05) is 47.7 Å². The first-order chi connectivity index (χ1) is 30.6. The monoisotopic (exact) mass is 898 g/mol. The molecular formula is C50H71N7O8. The predicted molar refractivity (Wildman–Crippen MR) is 253 cm³/mol. The van der Waals surface area contributed by atoms with Crippen molar-refractivity contribution in [2.75, 3.05) is 51.7 Å². The molecule has 1 saturated carbocycles. The van der Waals surface area contributed by atoms with Crippen LogP contribution in [0.1, 0.15) is 104 Å². The van der Waals surface area contributed by atoms with Gasteiger partial charge in [-0.05, 0) is 148 Å². The van der Waals surface area contributed by atoms with Crippen LogP contribution in [0.3, 0.4) is 0 Å². The molecule has 1 saturated heterocycles. The van der Waals surface area contributed by atoms with Crippen LogP contribution < -0.4 is 5.32 Å². The zero-order chi connectivity index (χ0) is 47.3. The minimum atomic E-state index is -0.797. The van der Waals surface area contributed by atoms with Crippen LogP contribution in [-0.4, -0.2) is 124 Å². The average Bonchev–Trinajstić information content (AvgIpc) is 3.88. The van der Waals surface area contributed by atoms with Crippen molar-refractivity contribution in [2.45, 2.75) is 137 Å². The summed E-state index contributed by atoms with van der Waals surface area (Å²) in [4.78, 5) is 57.0. The van der Waals surface area contributed by atoms with E-state index < -0.39 is 35.0 Å². The van der Waals surface area contributed by atoms with E-state index in [1.165, 1.54) is 28.1 Å². The van der Waals surface area contributed by atoms with Crippen molar-refractivity contribution in [1.82, 2.24) is 24.3 Å². The number of nitrogens with one attached hydrogen (secondary N) is 1. The van der Waals surface area contributed by atoms with E-state index in [0.29, 0.717) is 52.0 Å². The number of aliphatic imine (C=N–C) groups is 1. The summed E-state index contributed by atoms with van der Waals surface area (Å²) in [5.41, 5.74) is 3.06. The number of esters is 1. The molecule has 354 valence electrons. The number of rotatable bonds is 17. The molecule has 4 aromatic rings. The Labute approximate surface area is 384 Å². The lowest BCUT2D eigenvalue weighted by atomic mass is 10.00. The van der Waals surface area contributed by atoms with Gasteiger partial charge in [-0.3, -0.25) is 4.79 Å². The number of anilines is 1.